The van der Waals surface area contributed by atoms with Gasteiger partial charge in [-0.25, -0.2) is 0 Å². The largest absolute Gasteiger partial charge is 0.417 e. The van der Waals surface area contributed by atoms with Crippen LogP contribution in [-0.2, 0) is 11.0 Å². The molecule has 1 aromatic carbocycles. The molecule has 3 nitrogen and oxygen atoms in total. The van der Waals surface area contributed by atoms with Gasteiger partial charge in [0.15, 0.2) is 0 Å². The first-order chi connectivity index (χ1) is 9.61. The summed E-state index contributed by atoms with van der Waals surface area (Å²) < 4.78 is 38.5. The average molecular weight is 298 g/mol. The lowest BCUT2D eigenvalue weighted by Gasteiger charge is -2.23. The second-order valence-electron chi connectivity index (χ2n) is 5.46. The molecule has 0 unspecified atom stereocenters. The molecule has 0 fully saturated rings. The van der Waals surface area contributed by atoms with E-state index in [1.54, 1.807) is 13.8 Å². The zero-order valence-electron chi connectivity index (χ0n) is 12.1. The Bertz CT molecular complexity index is 571. The van der Waals surface area contributed by atoms with E-state index in [4.69, 9.17) is 5.26 Å². The highest BCUT2D eigenvalue weighted by Gasteiger charge is 2.34. The molecular formula is C15H17F3N2O. The van der Waals surface area contributed by atoms with Crippen molar-refractivity contribution in [3.8, 4) is 6.07 Å². The molecule has 0 aliphatic carbocycles. The van der Waals surface area contributed by atoms with Crippen LogP contribution in [0.25, 0.3) is 0 Å². The van der Waals surface area contributed by atoms with E-state index >= 15 is 0 Å². The summed E-state index contributed by atoms with van der Waals surface area (Å²) in [4.78, 5) is 12.1. The van der Waals surface area contributed by atoms with Gasteiger partial charge in [-0.05, 0) is 24.6 Å². The van der Waals surface area contributed by atoms with Gasteiger partial charge in [-0.15, -0.1) is 0 Å². The Labute approximate surface area is 121 Å². The Morgan fingerprint density at radius 1 is 1.33 bits per heavy atom. The number of amides is 1. The number of carbonyl (C=O) groups is 1. The lowest BCUT2D eigenvalue weighted by molar-refractivity contribution is -0.137. The Hall–Kier alpha value is -2.03. The predicted octanol–water partition coefficient (Wildman–Crippen LogP) is 4.34. The van der Waals surface area contributed by atoms with Gasteiger partial charge in [0.25, 0.3) is 0 Å². The monoisotopic (exact) mass is 298 g/mol. The van der Waals surface area contributed by atoms with Gasteiger partial charge < -0.3 is 5.32 Å². The number of nitriles is 1. The van der Waals surface area contributed by atoms with E-state index in [1.807, 2.05) is 6.92 Å². The van der Waals surface area contributed by atoms with Crippen LogP contribution in [0.5, 0.6) is 0 Å². The SMILES string of the molecule is CCCC(C)(C)C(=O)Nc1ccc(C#N)c(C(F)(F)F)c1. The summed E-state index contributed by atoms with van der Waals surface area (Å²) in [5, 5.41) is 11.2. The maximum Gasteiger partial charge on any atom is 0.417 e. The molecule has 1 aromatic rings. The standard InChI is InChI=1S/C15H17F3N2O/c1-4-7-14(2,3)13(21)20-11-6-5-10(9-19)12(8-11)15(16,17)18/h5-6,8H,4,7H2,1-3H3,(H,20,21). The van der Waals surface area contributed by atoms with E-state index in [1.165, 1.54) is 12.1 Å². The predicted molar refractivity (Wildman–Crippen MR) is 73.5 cm³/mol. The molecule has 1 amide bonds. The highest BCUT2D eigenvalue weighted by molar-refractivity contribution is 5.94. The molecule has 0 aliphatic heterocycles. The van der Waals surface area contributed by atoms with Crippen LogP contribution in [0, 0.1) is 16.7 Å². The Morgan fingerprint density at radius 3 is 2.43 bits per heavy atom. The van der Waals surface area contributed by atoms with Gasteiger partial charge in [-0.1, -0.05) is 27.2 Å². The lowest BCUT2D eigenvalue weighted by Crippen LogP contribution is -2.30. The molecule has 0 heterocycles. The van der Waals surface area contributed by atoms with Crippen LogP contribution >= 0.6 is 0 Å². The summed E-state index contributed by atoms with van der Waals surface area (Å²) in [6.45, 7) is 5.40. The first kappa shape index (κ1) is 17.0. The third kappa shape index (κ3) is 4.22. The molecule has 0 aromatic heterocycles. The summed E-state index contributed by atoms with van der Waals surface area (Å²) >= 11 is 0. The van der Waals surface area contributed by atoms with Crippen LogP contribution in [0.1, 0.15) is 44.7 Å². The summed E-state index contributed by atoms with van der Waals surface area (Å²) in [6.07, 6.45) is -3.21. The number of halogens is 3. The molecule has 114 valence electrons. The Morgan fingerprint density at radius 2 is 1.95 bits per heavy atom. The van der Waals surface area contributed by atoms with E-state index in [0.29, 0.717) is 6.42 Å². The fraction of sp³-hybridized carbons (Fsp3) is 0.467. The van der Waals surface area contributed by atoms with Gasteiger partial charge in [0.1, 0.15) is 0 Å². The molecule has 1 rings (SSSR count). The number of benzene rings is 1. The average Bonchev–Trinajstić information content (AvgIpc) is 2.37. The molecule has 0 atom stereocenters. The van der Waals surface area contributed by atoms with Crippen molar-refractivity contribution in [1.29, 1.82) is 5.26 Å². The van der Waals surface area contributed by atoms with Crippen molar-refractivity contribution in [2.24, 2.45) is 5.41 Å². The van der Waals surface area contributed by atoms with Crippen molar-refractivity contribution >= 4 is 11.6 Å². The minimum absolute atomic E-state index is 0.0375. The molecule has 0 saturated carbocycles. The number of carbonyl (C=O) groups excluding carboxylic acids is 1. The summed E-state index contributed by atoms with van der Waals surface area (Å²) in [5.74, 6) is -0.345. The Kier molecular flexibility index (Phi) is 5.00. The number of anilines is 1. The van der Waals surface area contributed by atoms with Crippen molar-refractivity contribution in [3.63, 3.8) is 0 Å². The van der Waals surface area contributed by atoms with E-state index in [9.17, 15) is 18.0 Å². The maximum atomic E-state index is 12.8. The topological polar surface area (TPSA) is 52.9 Å². The van der Waals surface area contributed by atoms with Crippen LogP contribution in [0.15, 0.2) is 18.2 Å². The molecule has 21 heavy (non-hydrogen) atoms. The number of rotatable bonds is 4. The van der Waals surface area contributed by atoms with Crippen molar-refractivity contribution in [2.75, 3.05) is 5.32 Å². The van der Waals surface area contributed by atoms with E-state index in [2.05, 4.69) is 5.32 Å². The third-order valence-corrected chi connectivity index (χ3v) is 3.19. The van der Waals surface area contributed by atoms with Crippen LogP contribution in [0.3, 0.4) is 0 Å². The quantitative estimate of drug-likeness (QED) is 0.898. The van der Waals surface area contributed by atoms with Gasteiger partial charge in [-0.3, -0.25) is 4.79 Å². The molecule has 0 saturated heterocycles. The number of hydrogen-bond donors (Lipinski definition) is 1. The van der Waals surface area contributed by atoms with E-state index in [-0.39, 0.29) is 11.6 Å². The zero-order chi connectivity index (χ0) is 16.3. The fourth-order valence-electron chi connectivity index (χ4n) is 1.99. The van der Waals surface area contributed by atoms with Crippen molar-refractivity contribution < 1.29 is 18.0 Å². The molecular weight excluding hydrogens is 281 g/mol. The van der Waals surface area contributed by atoms with Crippen LogP contribution in [-0.4, -0.2) is 5.91 Å². The second-order valence-corrected chi connectivity index (χ2v) is 5.46. The maximum absolute atomic E-state index is 12.8. The Balaban J connectivity index is 3.07. The summed E-state index contributed by atoms with van der Waals surface area (Å²) in [7, 11) is 0. The van der Waals surface area contributed by atoms with Crippen LogP contribution < -0.4 is 5.32 Å². The van der Waals surface area contributed by atoms with Crippen molar-refractivity contribution in [3.05, 3.63) is 29.3 Å². The minimum atomic E-state index is -4.63. The van der Waals surface area contributed by atoms with E-state index in [0.717, 1.165) is 18.6 Å². The minimum Gasteiger partial charge on any atom is -0.326 e. The molecule has 6 heteroatoms. The van der Waals surface area contributed by atoms with Crippen molar-refractivity contribution in [1.82, 2.24) is 0 Å². The summed E-state index contributed by atoms with van der Waals surface area (Å²) in [6, 6.07) is 4.65. The fourth-order valence-corrected chi connectivity index (χ4v) is 1.99. The highest BCUT2D eigenvalue weighted by Crippen LogP contribution is 2.34. The van der Waals surface area contributed by atoms with Crippen LogP contribution in [0.4, 0.5) is 18.9 Å². The smallest absolute Gasteiger partial charge is 0.326 e. The molecule has 0 spiro atoms. The van der Waals surface area contributed by atoms with Gasteiger partial charge >= 0.3 is 6.18 Å². The van der Waals surface area contributed by atoms with Crippen molar-refractivity contribution in [2.45, 2.75) is 39.8 Å². The molecule has 0 bridgehead atoms. The zero-order valence-corrected chi connectivity index (χ0v) is 12.1. The third-order valence-electron chi connectivity index (χ3n) is 3.19. The first-order valence-corrected chi connectivity index (χ1v) is 6.54. The van der Waals surface area contributed by atoms with Gasteiger partial charge in [0, 0.05) is 11.1 Å². The highest BCUT2D eigenvalue weighted by atomic mass is 19.4. The first-order valence-electron chi connectivity index (χ1n) is 6.54. The number of nitrogens with one attached hydrogen (secondary N) is 1. The van der Waals surface area contributed by atoms with E-state index < -0.39 is 22.7 Å². The number of hydrogen-bond acceptors (Lipinski definition) is 2. The molecule has 1 N–H and O–H groups in total. The van der Waals surface area contributed by atoms with Gasteiger partial charge in [-0.2, -0.15) is 18.4 Å². The summed E-state index contributed by atoms with van der Waals surface area (Å²) in [5.41, 5.74) is -2.14. The van der Waals surface area contributed by atoms with Gasteiger partial charge in [0.05, 0.1) is 17.2 Å². The number of nitrogens with zero attached hydrogens (tertiary/aromatic N) is 1. The number of alkyl halides is 3. The second kappa shape index (κ2) is 6.17. The van der Waals surface area contributed by atoms with Gasteiger partial charge in [0.2, 0.25) is 5.91 Å². The normalized spacial score (nSPS) is 11.9. The van der Waals surface area contributed by atoms with Crippen LogP contribution in [0.2, 0.25) is 0 Å². The lowest BCUT2D eigenvalue weighted by atomic mass is 9.87. The molecule has 0 radical (unpaired) electrons. The molecule has 0 aliphatic rings.